The molecule has 1 aliphatic carbocycles. The van der Waals surface area contributed by atoms with E-state index in [0.29, 0.717) is 12.1 Å². The summed E-state index contributed by atoms with van der Waals surface area (Å²) >= 11 is 6.16. The Morgan fingerprint density at radius 2 is 2.14 bits per heavy atom. The van der Waals surface area contributed by atoms with Gasteiger partial charge in [-0.25, -0.2) is 8.42 Å². The number of rotatable bonds is 5. The van der Waals surface area contributed by atoms with E-state index in [2.05, 4.69) is 11.8 Å². The van der Waals surface area contributed by atoms with Crippen molar-refractivity contribution < 1.29 is 8.42 Å². The van der Waals surface area contributed by atoms with Gasteiger partial charge >= 0.3 is 0 Å². The van der Waals surface area contributed by atoms with Gasteiger partial charge in [0, 0.05) is 18.2 Å². The molecule has 0 saturated heterocycles. The lowest BCUT2D eigenvalue weighted by atomic mass is 10.2. The molecule has 1 aromatic carbocycles. The SMILES string of the molecule is CCCN(C1CC1)S(=O)(=O)c1ccc(C#CCN)cc1Cl. The molecule has 0 heterocycles. The molecular weight excluding hydrogens is 308 g/mol. The van der Waals surface area contributed by atoms with Crippen molar-refractivity contribution in [1.82, 2.24) is 4.31 Å². The average molecular weight is 327 g/mol. The Morgan fingerprint density at radius 1 is 1.43 bits per heavy atom. The maximum Gasteiger partial charge on any atom is 0.244 e. The van der Waals surface area contributed by atoms with Crippen LogP contribution in [0.25, 0.3) is 0 Å². The summed E-state index contributed by atoms with van der Waals surface area (Å²) in [6, 6.07) is 4.90. The van der Waals surface area contributed by atoms with Crippen molar-refractivity contribution in [2.24, 2.45) is 5.73 Å². The van der Waals surface area contributed by atoms with Gasteiger partial charge in [0.25, 0.3) is 0 Å². The van der Waals surface area contributed by atoms with E-state index in [1.165, 1.54) is 6.07 Å². The third-order valence-electron chi connectivity index (χ3n) is 3.25. The Hall–Kier alpha value is -1.06. The lowest BCUT2D eigenvalue weighted by Crippen LogP contribution is -2.34. The van der Waals surface area contributed by atoms with Crippen LogP contribution in [0.2, 0.25) is 5.02 Å². The van der Waals surface area contributed by atoms with E-state index in [4.69, 9.17) is 17.3 Å². The van der Waals surface area contributed by atoms with Crippen molar-refractivity contribution in [3.05, 3.63) is 28.8 Å². The van der Waals surface area contributed by atoms with Gasteiger partial charge in [-0.1, -0.05) is 30.4 Å². The first-order chi connectivity index (χ1) is 10.0. The summed E-state index contributed by atoms with van der Waals surface area (Å²) in [4.78, 5) is 0.155. The maximum atomic E-state index is 12.7. The summed E-state index contributed by atoms with van der Waals surface area (Å²) in [6.45, 7) is 2.75. The second-order valence-corrected chi connectivity index (χ2v) is 7.26. The van der Waals surface area contributed by atoms with E-state index >= 15 is 0 Å². The Kier molecular flexibility index (Phi) is 5.28. The zero-order valence-corrected chi connectivity index (χ0v) is 13.5. The predicted octanol–water partition coefficient (Wildman–Crippen LogP) is 2.21. The predicted molar refractivity (Wildman–Crippen MR) is 84.6 cm³/mol. The first kappa shape index (κ1) is 16.3. The van der Waals surface area contributed by atoms with Crippen LogP contribution in [-0.4, -0.2) is 31.9 Å². The van der Waals surface area contributed by atoms with E-state index in [9.17, 15) is 8.42 Å². The first-order valence-corrected chi connectivity index (χ1v) is 8.82. The minimum absolute atomic E-state index is 0.128. The molecule has 0 radical (unpaired) electrons. The lowest BCUT2D eigenvalue weighted by Gasteiger charge is -2.21. The number of hydrogen-bond donors (Lipinski definition) is 1. The zero-order chi connectivity index (χ0) is 15.5. The van der Waals surface area contributed by atoms with Crippen LogP contribution < -0.4 is 5.73 Å². The highest BCUT2D eigenvalue weighted by molar-refractivity contribution is 7.89. The highest BCUT2D eigenvalue weighted by Gasteiger charge is 2.38. The molecular formula is C15H19ClN2O2S. The van der Waals surface area contributed by atoms with Gasteiger partial charge in [-0.2, -0.15) is 4.31 Å². The zero-order valence-electron chi connectivity index (χ0n) is 12.0. The van der Waals surface area contributed by atoms with Gasteiger partial charge < -0.3 is 5.73 Å². The van der Waals surface area contributed by atoms with Crippen molar-refractivity contribution in [3.63, 3.8) is 0 Å². The third-order valence-corrected chi connectivity index (χ3v) is 5.69. The van der Waals surface area contributed by atoms with Crippen LogP contribution >= 0.6 is 11.6 Å². The van der Waals surface area contributed by atoms with E-state index in [1.54, 1.807) is 16.4 Å². The van der Waals surface area contributed by atoms with Gasteiger partial charge in [0.2, 0.25) is 10.0 Å². The van der Waals surface area contributed by atoms with Gasteiger partial charge in [-0.3, -0.25) is 0 Å². The van der Waals surface area contributed by atoms with E-state index in [1.807, 2.05) is 6.92 Å². The first-order valence-electron chi connectivity index (χ1n) is 7.01. The highest BCUT2D eigenvalue weighted by Crippen LogP contribution is 2.34. The molecule has 1 saturated carbocycles. The van der Waals surface area contributed by atoms with Crippen molar-refractivity contribution in [2.45, 2.75) is 37.1 Å². The second-order valence-electron chi connectivity index (χ2n) is 5.00. The molecule has 21 heavy (non-hydrogen) atoms. The van der Waals surface area contributed by atoms with Gasteiger partial charge in [0.15, 0.2) is 0 Å². The molecule has 0 atom stereocenters. The molecule has 2 rings (SSSR count). The molecule has 0 bridgehead atoms. The molecule has 114 valence electrons. The largest absolute Gasteiger partial charge is 0.320 e. The fraction of sp³-hybridized carbons (Fsp3) is 0.467. The number of sulfonamides is 1. The highest BCUT2D eigenvalue weighted by atomic mass is 35.5. The van der Waals surface area contributed by atoms with Crippen molar-refractivity contribution in [1.29, 1.82) is 0 Å². The van der Waals surface area contributed by atoms with Gasteiger partial charge in [-0.05, 0) is 37.5 Å². The number of halogens is 1. The Balaban J connectivity index is 2.35. The molecule has 4 nitrogen and oxygen atoms in total. The molecule has 6 heteroatoms. The number of hydrogen-bond acceptors (Lipinski definition) is 3. The smallest absolute Gasteiger partial charge is 0.244 e. The molecule has 0 aromatic heterocycles. The molecule has 0 aliphatic heterocycles. The molecule has 1 aromatic rings. The van der Waals surface area contributed by atoms with E-state index in [-0.39, 0.29) is 22.5 Å². The quantitative estimate of drug-likeness (QED) is 0.844. The Labute approximate surface area is 131 Å². The number of benzene rings is 1. The van der Waals surface area contributed by atoms with Gasteiger partial charge in [-0.15, -0.1) is 0 Å². The normalized spacial score (nSPS) is 14.9. The molecule has 2 N–H and O–H groups in total. The molecule has 1 aliphatic rings. The fourth-order valence-corrected chi connectivity index (χ4v) is 4.45. The molecule has 0 amide bonds. The maximum absolute atomic E-state index is 12.7. The van der Waals surface area contributed by atoms with E-state index < -0.39 is 10.0 Å². The van der Waals surface area contributed by atoms with Crippen molar-refractivity contribution in [3.8, 4) is 11.8 Å². The summed E-state index contributed by atoms with van der Waals surface area (Å²) in [5, 5.41) is 0.209. The molecule has 1 fully saturated rings. The third kappa shape index (κ3) is 3.78. The van der Waals surface area contributed by atoms with Crippen LogP contribution in [0.4, 0.5) is 0 Å². The average Bonchev–Trinajstić information content (AvgIpc) is 3.26. The lowest BCUT2D eigenvalue weighted by molar-refractivity contribution is 0.403. The van der Waals surface area contributed by atoms with Crippen LogP contribution in [0, 0.1) is 11.8 Å². The van der Waals surface area contributed by atoms with Crippen LogP contribution in [0.1, 0.15) is 31.7 Å². The van der Waals surface area contributed by atoms with Crippen molar-refractivity contribution >= 4 is 21.6 Å². The summed E-state index contributed by atoms with van der Waals surface area (Å²) < 4.78 is 27.0. The number of nitrogens with two attached hydrogens (primary N) is 1. The minimum Gasteiger partial charge on any atom is -0.320 e. The summed E-state index contributed by atoms with van der Waals surface area (Å²) in [6.07, 6.45) is 2.64. The minimum atomic E-state index is -3.54. The van der Waals surface area contributed by atoms with Crippen LogP contribution in [0.15, 0.2) is 23.1 Å². The summed E-state index contributed by atoms with van der Waals surface area (Å²) in [7, 11) is -3.54. The molecule has 0 unspecified atom stereocenters. The number of nitrogens with zero attached hydrogens (tertiary/aromatic N) is 1. The van der Waals surface area contributed by atoms with Crippen LogP contribution in [-0.2, 0) is 10.0 Å². The van der Waals surface area contributed by atoms with Crippen molar-refractivity contribution in [2.75, 3.05) is 13.1 Å². The van der Waals surface area contributed by atoms with Crippen LogP contribution in [0.5, 0.6) is 0 Å². The van der Waals surface area contributed by atoms with Gasteiger partial charge in [0.1, 0.15) is 4.90 Å². The van der Waals surface area contributed by atoms with Crippen LogP contribution in [0.3, 0.4) is 0 Å². The standard InChI is InChI=1S/C15H19ClN2O2S/c1-2-10-18(13-6-7-13)21(19,20)15-8-5-12(4-3-9-17)11-14(15)16/h5,8,11,13H,2,6-7,9-10,17H2,1H3. The van der Waals surface area contributed by atoms with Gasteiger partial charge in [0.05, 0.1) is 11.6 Å². The fourth-order valence-electron chi connectivity index (χ4n) is 2.15. The second kappa shape index (κ2) is 6.80. The molecule has 0 spiro atoms. The van der Waals surface area contributed by atoms with E-state index in [0.717, 1.165) is 19.3 Å². The Morgan fingerprint density at radius 3 is 2.67 bits per heavy atom. The monoisotopic (exact) mass is 326 g/mol. The Bertz CT molecular complexity index is 673. The summed E-state index contributed by atoms with van der Waals surface area (Å²) in [5.74, 6) is 5.57. The summed E-state index contributed by atoms with van der Waals surface area (Å²) in [5.41, 5.74) is 5.98. The topological polar surface area (TPSA) is 63.4 Å².